The average Bonchev–Trinajstić information content (AvgIpc) is 2.99. The molecular weight excluding hydrogens is 320 g/mol. The van der Waals surface area contributed by atoms with Crippen LogP contribution in [-0.4, -0.2) is 28.7 Å². The van der Waals surface area contributed by atoms with E-state index in [0.717, 1.165) is 16.5 Å². The van der Waals surface area contributed by atoms with Crippen LogP contribution in [-0.2, 0) is 22.7 Å². The summed E-state index contributed by atoms with van der Waals surface area (Å²) in [5.41, 5.74) is 2.54. The SMILES string of the molecule is COC(=O)c1cccc(NC(=O)Cn2cc(CO)c3ccccc32)c1. The van der Waals surface area contributed by atoms with Gasteiger partial charge < -0.3 is 19.7 Å². The van der Waals surface area contributed by atoms with Gasteiger partial charge in [0.1, 0.15) is 6.54 Å². The molecule has 0 radical (unpaired) electrons. The summed E-state index contributed by atoms with van der Waals surface area (Å²) in [5.74, 6) is -0.688. The molecule has 0 aliphatic carbocycles. The minimum atomic E-state index is -0.458. The molecule has 6 heteroatoms. The molecule has 0 atom stereocenters. The number of rotatable bonds is 5. The molecule has 2 aromatic carbocycles. The summed E-state index contributed by atoms with van der Waals surface area (Å²) >= 11 is 0. The van der Waals surface area contributed by atoms with Crippen molar-refractivity contribution < 1.29 is 19.4 Å². The number of benzene rings is 2. The van der Waals surface area contributed by atoms with E-state index in [0.29, 0.717) is 11.3 Å². The number of anilines is 1. The molecule has 0 aliphatic rings. The molecule has 0 spiro atoms. The topological polar surface area (TPSA) is 80.6 Å². The van der Waals surface area contributed by atoms with Crippen molar-refractivity contribution in [2.75, 3.05) is 12.4 Å². The maximum Gasteiger partial charge on any atom is 0.337 e. The normalized spacial score (nSPS) is 10.6. The van der Waals surface area contributed by atoms with Crippen LogP contribution in [0.25, 0.3) is 10.9 Å². The molecule has 0 saturated carbocycles. The zero-order chi connectivity index (χ0) is 17.8. The second-order valence-electron chi connectivity index (χ2n) is 5.58. The Morgan fingerprint density at radius 1 is 1.16 bits per heavy atom. The molecule has 0 aliphatic heterocycles. The van der Waals surface area contributed by atoms with E-state index in [1.165, 1.54) is 7.11 Å². The third kappa shape index (κ3) is 3.54. The number of aliphatic hydroxyl groups is 1. The zero-order valence-corrected chi connectivity index (χ0v) is 13.7. The van der Waals surface area contributed by atoms with Crippen LogP contribution in [0.5, 0.6) is 0 Å². The Morgan fingerprint density at radius 3 is 2.72 bits per heavy atom. The van der Waals surface area contributed by atoms with Gasteiger partial charge in [0.15, 0.2) is 0 Å². The van der Waals surface area contributed by atoms with Crippen LogP contribution in [0.2, 0.25) is 0 Å². The highest BCUT2D eigenvalue weighted by atomic mass is 16.5. The van der Waals surface area contributed by atoms with Crippen molar-refractivity contribution in [2.45, 2.75) is 13.2 Å². The second kappa shape index (κ2) is 7.19. The smallest absolute Gasteiger partial charge is 0.337 e. The van der Waals surface area contributed by atoms with Crippen LogP contribution in [0.3, 0.4) is 0 Å². The van der Waals surface area contributed by atoms with E-state index < -0.39 is 5.97 Å². The fourth-order valence-electron chi connectivity index (χ4n) is 2.78. The predicted molar refractivity (Wildman–Crippen MR) is 94.3 cm³/mol. The highest BCUT2D eigenvalue weighted by molar-refractivity contribution is 5.95. The van der Waals surface area contributed by atoms with Gasteiger partial charge in [0.05, 0.1) is 19.3 Å². The minimum Gasteiger partial charge on any atom is -0.465 e. The summed E-state index contributed by atoms with van der Waals surface area (Å²) in [7, 11) is 1.31. The van der Waals surface area contributed by atoms with Crippen LogP contribution in [0.15, 0.2) is 54.7 Å². The van der Waals surface area contributed by atoms with Gasteiger partial charge in [-0.1, -0.05) is 24.3 Å². The number of aromatic nitrogens is 1. The first-order chi connectivity index (χ1) is 12.1. The van der Waals surface area contributed by atoms with Gasteiger partial charge in [-0.05, 0) is 24.3 Å². The number of fused-ring (bicyclic) bond motifs is 1. The van der Waals surface area contributed by atoms with Crippen molar-refractivity contribution in [3.63, 3.8) is 0 Å². The zero-order valence-electron chi connectivity index (χ0n) is 13.7. The Hall–Kier alpha value is -3.12. The van der Waals surface area contributed by atoms with Crippen LogP contribution in [0.4, 0.5) is 5.69 Å². The molecule has 0 saturated heterocycles. The number of aliphatic hydroxyl groups excluding tert-OH is 1. The van der Waals surface area contributed by atoms with Crippen molar-refractivity contribution in [3.8, 4) is 0 Å². The Kier molecular flexibility index (Phi) is 4.81. The van der Waals surface area contributed by atoms with Gasteiger partial charge in [0, 0.05) is 28.4 Å². The lowest BCUT2D eigenvalue weighted by Crippen LogP contribution is -2.18. The number of ether oxygens (including phenoxy) is 1. The first-order valence-corrected chi connectivity index (χ1v) is 7.78. The number of esters is 1. The van der Waals surface area contributed by atoms with Gasteiger partial charge in [0.2, 0.25) is 5.91 Å². The molecule has 3 aromatic rings. The Balaban J connectivity index is 1.79. The summed E-state index contributed by atoms with van der Waals surface area (Å²) in [5, 5.41) is 13.2. The van der Waals surface area contributed by atoms with Crippen molar-refractivity contribution >= 4 is 28.5 Å². The molecule has 2 N–H and O–H groups in total. The Bertz CT molecular complexity index is 930. The summed E-state index contributed by atoms with van der Waals surface area (Å²) in [4.78, 5) is 23.9. The molecule has 1 amide bonds. The molecule has 128 valence electrons. The van der Waals surface area contributed by atoms with Gasteiger partial charge in [-0.2, -0.15) is 0 Å². The summed E-state index contributed by atoms with van der Waals surface area (Å²) in [6, 6.07) is 14.2. The lowest BCUT2D eigenvalue weighted by molar-refractivity contribution is -0.116. The van der Waals surface area contributed by atoms with Crippen LogP contribution in [0, 0.1) is 0 Å². The summed E-state index contributed by atoms with van der Waals surface area (Å²) < 4.78 is 6.47. The third-order valence-electron chi connectivity index (χ3n) is 3.92. The quantitative estimate of drug-likeness (QED) is 0.701. The van der Waals surface area contributed by atoms with E-state index in [1.807, 2.05) is 24.3 Å². The van der Waals surface area contributed by atoms with Gasteiger partial charge in [-0.15, -0.1) is 0 Å². The lowest BCUT2D eigenvalue weighted by atomic mass is 10.2. The molecule has 0 bridgehead atoms. The molecular formula is C19H18N2O4. The van der Waals surface area contributed by atoms with Gasteiger partial charge in [0.25, 0.3) is 0 Å². The average molecular weight is 338 g/mol. The molecule has 1 heterocycles. The Morgan fingerprint density at radius 2 is 1.96 bits per heavy atom. The van der Waals surface area contributed by atoms with E-state index >= 15 is 0 Å². The van der Waals surface area contributed by atoms with Crippen LogP contribution >= 0.6 is 0 Å². The number of nitrogens with zero attached hydrogens (tertiary/aromatic N) is 1. The minimum absolute atomic E-state index is 0.0870. The predicted octanol–water partition coefficient (Wildman–Crippen LogP) is 2.56. The third-order valence-corrected chi connectivity index (χ3v) is 3.92. The van der Waals surface area contributed by atoms with Gasteiger partial charge in [-0.25, -0.2) is 4.79 Å². The Labute approximate surface area is 144 Å². The van der Waals surface area contributed by atoms with Gasteiger partial charge in [-0.3, -0.25) is 4.79 Å². The number of carbonyl (C=O) groups excluding carboxylic acids is 2. The summed E-state index contributed by atoms with van der Waals surface area (Å²) in [6.45, 7) is 0.0132. The highest BCUT2D eigenvalue weighted by Gasteiger charge is 2.11. The molecule has 0 unspecified atom stereocenters. The monoisotopic (exact) mass is 338 g/mol. The summed E-state index contributed by atoms with van der Waals surface area (Å²) in [6.07, 6.45) is 1.77. The number of amides is 1. The molecule has 1 aromatic heterocycles. The first kappa shape index (κ1) is 16.7. The fourth-order valence-corrected chi connectivity index (χ4v) is 2.78. The van der Waals surface area contributed by atoms with E-state index in [9.17, 15) is 14.7 Å². The largest absolute Gasteiger partial charge is 0.465 e. The number of hydrogen-bond acceptors (Lipinski definition) is 4. The number of para-hydroxylation sites is 1. The molecule has 3 rings (SSSR count). The molecule has 25 heavy (non-hydrogen) atoms. The van der Waals surface area contributed by atoms with Crippen molar-refractivity contribution in [1.82, 2.24) is 4.57 Å². The fraction of sp³-hybridized carbons (Fsp3) is 0.158. The second-order valence-corrected chi connectivity index (χ2v) is 5.58. The first-order valence-electron chi connectivity index (χ1n) is 7.78. The van der Waals surface area contributed by atoms with E-state index in [1.54, 1.807) is 35.0 Å². The van der Waals surface area contributed by atoms with Crippen molar-refractivity contribution in [3.05, 3.63) is 65.9 Å². The maximum absolute atomic E-state index is 12.4. The molecule has 0 fully saturated rings. The number of carbonyl (C=O) groups is 2. The van der Waals surface area contributed by atoms with E-state index in [4.69, 9.17) is 0 Å². The highest BCUT2D eigenvalue weighted by Crippen LogP contribution is 2.21. The van der Waals surface area contributed by atoms with Crippen LogP contribution in [0.1, 0.15) is 15.9 Å². The van der Waals surface area contributed by atoms with E-state index in [2.05, 4.69) is 10.1 Å². The maximum atomic E-state index is 12.4. The van der Waals surface area contributed by atoms with Crippen LogP contribution < -0.4 is 5.32 Å². The van der Waals surface area contributed by atoms with Crippen molar-refractivity contribution in [1.29, 1.82) is 0 Å². The number of nitrogens with one attached hydrogen (secondary N) is 1. The number of hydrogen-bond donors (Lipinski definition) is 2. The number of methoxy groups -OCH3 is 1. The van der Waals surface area contributed by atoms with Gasteiger partial charge >= 0.3 is 5.97 Å². The van der Waals surface area contributed by atoms with Crippen molar-refractivity contribution in [2.24, 2.45) is 0 Å². The molecule has 6 nitrogen and oxygen atoms in total. The lowest BCUT2D eigenvalue weighted by Gasteiger charge is -2.08. The standard InChI is InChI=1S/C19H18N2O4/c1-25-19(24)13-5-4-6-15(9-13)20-18(23)11-21-10-14(12-22)16-7-2-3-8-17(16)21/h2-10,22H,11-12H2,1H3,(H,20,23). The van der Waals surface area contributed by atoms with E-state index in [-0.39, 0.29) is 19.1 Å².